The van der Waals surface area contributed by atoms with Crippen molar-refractivity contribution in [2.45, 2.75) is 25.8 Å². The summed E-state index contributed by atoms with van der Waals surface area (Å²) in [4.78, 5) is 28.2. The van der Waals surface area contributed by atoms with E-state index in [4.69, 9.17) is 11.6 Å². The third kappa shape index (κ3) is 4.05. The van der Waals surface area contributed by atoms with Gasteiger partial charge in [0.25, 0.3) is 5.91 Å². The lowest BCUT2D eigenvalue weighted by Gasteiger charge is -2.21. The van der Waals surface area contributed by atoms with E-state index in [0.717, 1.165) is 28.8 Å². The van der Waals surface area contributed by atoms with Gasteiger partial charge in [0.05, 0.1) is 4.88 Å². The number of hydrogen-bond acceptors (Lipinski definition) is 3. The smallest absolute Gasteiger partial charge is 0.263 e. The number of benzene rings is 1. The minimum Gasteiger partial charge on any atom is -0.352 e. The Hall–Kier alpha value is -1.85. The second-order valence-electron chi connectivity index (χ2n) is 6.51. The van der Waals surface area contributed by atoms with Gasteiger partial charge in [0.2, 0.25) is 5.91 Å². The average molecular weight is 377 g/mol. The zero-order chi connectivity index (χ0) is 18.0. The van der Waals surface area contributed by atoms with Crippen LogP contribution < -0.4 is 5.32 Å². The van der Waals surface area contributed by atoms with Crippen molar-refractivity contribution >= 4 is 34.8 Å². The molecular formula is C19H21ClN2O2S. The summed E-state index contributed by atoms with van der Waals surface area (Å²) in [6, 6.07) is 9.48. The van der Waals surface area contributed by atoms with Crippen LogP contribution in [0.25, 0.3) is 0 Å². The first kappa shape index (κ1) is 18.0. The van der Waals surface area contributed by atoms with Gasteiger partial charge >= 0.3 is 0 Å². The molecule has 1 heterocycles. The van der Waals surface area contributed by atoms with Crippen LogP contribution >= 0.6 is 22.9 Å². The molecule has 25 heavy (non-hydrogen) atoms. The van der Waals surface area contributed by atoms with Gasteiger partial charge in [-0.15, -0.1) is 11.3 Å². The van der Waals surface area contributed by atoms with Crippen molar-refractivity contribution < 1.29 is 9.59 Å². The van der Waals surface area contributed by atoms with Gasteiger partial charge in [0, 0.05) is 36.5 Å². The van der Waals surface area contributed by atoms with Crippen LogP contribution in [0.15, 0.2) is 30.3 Å². The predicted molar refractivity (Wildman–Crippen MR) is 101 cm³/mol. The van der Waals surface area contributed by atoms with E-state index in [1.54, 1.807) is 30.3 Å². The van der Waals surface area contributed by atoms with E-state index in [-0.39, 0.29) is 17.7 Å². The minimum atomic E-state index is -0.0492. The van der Waals surface area contributed by atoms with Crippen molar-refractivity contribution in [1.29, 1.82) is 0 Å². The van der Waals surface area contributed by atoms with Gasteiger partial charge in [-0.3, -0.25) is 9.59 Å². The molecule has 0 spiro atoms. The number of thiophene rings is 1. The molecule has 0 radical (unpaired) electrons. The molecule has 132 valence electrons. The van der Waals surface area contributed by atoms with Crippen molar-refractivity contribution in [1.82, 2.24) is 10.2 Å². The predicted octanol–water partition coefficient (Wildman–Crippen LogP) is 3.52. The van der Waals surface area contributed by atoms with Crippen LogP contribution in [0.1, 0.15) is 32.1 Å². The van der Waals surface area contributed by atoms with E-state index < -0.39 is 0 Å². The quantitative estimate of drug-likeness (QED) is 0.887. The molecule has 3 rings (SSSR count). The molecule has 2 aromatic rings. The number of amides is 2. The summed E-state index contributed by atoms with van der Waals surface area (Å²) in [6.07, 6.45) is 2.36. The summed E-state index contributed by atoms with van der Waals surface area (Å²) in [5.74, 6) is 0.0308. The zero-order valence-electron chi connectivity index (χ0n) is 14.3. The number of nitrogens with one attached hydrogen (secondary N) is 1. The van der Waals surface area contributed by atoms with Crippen molar-refractivity contribution in [3.8, 4) is 0 Å². The Labute approximate surface area is 156 Å². The molecule has 0 aliphatic heterocycles. The Morgan fingerprint density at radius 1 is 1.32 bits per heavy atom. The van der Waals surface area contributed by atoms with E-state index in [1.807, 2.05) is 30.3 Å². The average Bonchev–Trinajstić information content (AvgIpc) is 3.03. The molecule has 2 amide bonds. The summed E-state index contributed by atoms with van der Waals surface area (Å²) in [5.41, 5.74) is 2.06. The molecule has 1 aromatic heterocycles. The highest BCUT2D eigenvalue weighted by Gasteiger charge is 2.27. The molecule has 0 fully saturated rings. The van der Waals surface area contributed by atoms with Crippen LogP contribution in [-0.4, -0.2) is 30.8 Å². The van der Waals surface area contributed by atoms with Crippen LogP contribution in [0.4, 0.5) is 0 Å². The lowest BCUT2D eigenvalue weighted by atomic mass is 9.87. The van der Waals surface area contributed by atoms with Gasteiger partial charge in [0.15, 0.2) is 0 Å². The first-order valence-electron chi connectivity index (χ1n) is 8.30. The molecule has 1 unspecified atom stereocenters. The molecule has 6 heteroatoms. The maximum absolute atomic E-state index is 12.5. The largest absolute Gasteiger partial charge is 0.352 e. The lowest BCUT2D eigenvalue weighted by molar-refractivity contribution is -0.125. The number of carbonyl (C=O) groups excluding carboxylic acids is 2. The second kappa shape index (κ2) is 7.58. The van der Waals surface area contributed by atoms with Crippen LogP contribution in [0.5, 0.6) is 0 Å². The number of fused-ring (bicyclic) bond motifs is 1. The van der Waals surface area contributed by atoms with Gasteiger partial charge in [-0.1, -0.05) is 29.8 Å². The van der Waals surface area contributed by atoms with Crippen LogP contribution in [0.3, 0.4) is 0 Å². The fraction of sp³-hybridized carbons (Fsp3) is 0.368. The Morgan fingerprint density at radius 2 is 2.08 bits per heavy atom. The number of rotatable bonds is 4. The van der Waals surface area contributed by atoms with Gasteiger partial charge < -0.3 is 10.2 Å². The Bertz CT molecular complexity index is 800. The summed E-state index contributed by atoms with van der Waals surface area (Å²) >= 11 is 7.69. The van der Waals surface area contributed by atoms with Gasteiger partial charge in [-0.2, -0.15) is 0 Å². The molecule has 1 aromatic carbocycles. The number of hydrogen-bond donors (Lipinski definition) is 1. The van der Waals surface area contributed by atoms with Crippen LogP contribution in [-0.2, 0) is 24.2 Å². The van der Waals surface area contributed by atoms with E-state index in [1.165, 1.54) is 4.88 Å². The molecule has 1 aliphatic rings. The summed E-state index contributed by atoms with van der Waals surface area (Å²) < 4.78 is 0. The number of nitrogens with zero attached hydrogens (tertiary/aromatic N) is 1. The summed E-state index contributed by atoms with van der Waals surface area (Å²) in [5, 5.41) is 3.66. The monoisotopic (exact) mass is 376 g/mol. The highest BCUT2D eigenvalue weighted by molar-refractivity contribution is 7.14. The summed E-state index contributed by atoms with van der Waals surface area (Å²) in [7, 11) is 3.51. The van der Waals surface area contributed by atoms with Gasteiger partial charge in [-0.05, 0) is 42.5 Å². The molecular weight excluding hydrogens is 356 g/mol. The summed E-state index contributed by atoms with van der Waals surface area (Å²) in [6.45, 7) is 0.440. The standard InChI is InChI=1S/C19H21ClN2O2S/c1-22(2)19(24)17-10-14-9-12(7-8-16(14)25-17)18(23)21-11-13-5-3-4-6-15(13)20/h3-6,10,12H,7-9,11H2,1-2H3,(H,21,23). The SMILES string of the molecule is CN(C)C(=O)c1cc2c(s1)CCC(C(=O)NCc1ccccc1Cl)C2. The maximum Gasteiger partial charge on any atom is 0.263 e. The van der Waals surface area contributed by atoms with E-state index >= 15 is 0 Å². The third-order valence-electron chi connectivity index (χ3n) is 4.48. The third-order valence-corrected chi connectivity index (χ3v) is 6.08. The maximum atomic E-state index is 12.5. The highest BCUT2D eigenvalue weighted by atomic mass is 35.5. The van der Waals surface area contributed by atoms with Crippen LogP contribution in [0, 0.1) is 5.92 Å². The van der Waals surface area contributed by atoms with E-state index in [9.17, 15) is 9.59 Å². The fourth-order valence-corrected chi connectivity index (χ4v) is 4.47. The normalized spacial score (nSPS) is 16.2. The second-order valence-corrected chi connectivity index (χ2v) is 8.05. The highest BCUT2D eigenvalue weighted by Crippen LogP contribution is 2.33. The van der Waals surface area contributed by atoms with Crippen molar-refractivity contribution in [2.75, 3.05) is 14.1 Å². The molecule has 1 atom stereocenters. The van der Waals surface area contributed by atoms with Gasteiger partial charge in [-0.25, -0.2) is 0 Å². The van der Waals surface area contributed by atoms with E-state index in [2.05, 4.69) is 5.32 Å². The number of carbonyl (C=O) groups is 2. The Balaban J connectivity index is 1.63. The molecule has 0 bridgehead atoms. The van der Waals surface area contributed by atoms with Gasteiger partial charge in [0.1, 0.15) is 0 Å². The molecule has 0 saturated heterocycles. The minimum absolute atomic E-state index is 0.0270. The fourth-order valence-electron chi connectivity index (χ4n) is 3.04. The zero-order valence-corrected chi connectivity index (χ0v) is 15.9. The Morgan fingerprint density at radius 3 is 2.80 bits per heavy atom. The lowest BCUT2D eigenvalue weighted by Crippen LogP contribution is -2.33. The molecule has 1 N–H and O–H groups in total. The number of aryl methyl sites for hydroxylation is 1. The molecule has 1 aliphatic carbocycles. The number of halogens is 1. The Kier molecular flexibility index (Phi) is 5.45. The first-order chi connectivity index (χ1) is 12.0. The topological polar surface area (TPSA) is 49.4 Å². The van der Waals surface area contributed by atoms with Crippen molar-refractivity contribution in [2.24, 2.45) is 5.92 Å². The van der Waals surface area contributed by atoms with Crippen molar-refractivity contribution in [3.05, 3.63) is 56.2 Å². The van der Waals surface area contributed by atoms with E-state index in [0.29, 0.717) is 18.0 Å². The first-order valence-corrected chi connectivity index (χ1v) is 9.49. The molecule has 0 saturated carbocycles. The van der Waals surface area contributed by atoms with Crippen LogP contribution in [0.2, 0.25) is 5.02 Å². The molecule has 4 nitrogen and oxygen atoms in total. The van der Waals surface area contributed by atoms with Crippen molar-refractivity contribution in [3.63, 3.8) is 0 Å².